The summed E-state index contributed by atoms with van der Waals surface area (Å²) in [6.07, 6.45) is 6.34. The third kappa shape index (κ3) is 24.4. The normalized spacial score (nSPS) is 16.3. The molecule has 488 valence electrons. The van der Waals surface area contributed by atoms with E-state index in [1.165, 1.54) is 37.8 Å². The minimum Gasteiger partial charge on any atom is -0.481 e. The number of carboxylic acid groups (broad SMARTS) is 7. The zero-order valence-corrected chi connectivity index (χ0v) is 53.0. The van der Waals surface area contributed by atoms with Crippen LogP contribution < -0.4 is 4.74 Å². The summed E-state index contributed by atoms with van der Waals surface area (Å²) in [5, 5.41) is 62.8. The first kappa shape index (κ1) is 75.0. The summed E-state index contributed by atoms with van der Waals surface area (Å²) < 4.78 is 36.7. The molecule has 2 bridgehead atoms. The Kier molecular flexibility index (Phi) is 27.2. The Morgan fingerprint density at radius 2 is 1.12 bits per heavy atom. The van der Waals surface area contributed by atoms with Crippen LogP contribution in [0.15, 0.2) is 146 Å². The fourth-order valence-corrected chi connectivity index (χ4v) is 10.8. The number of carboxylic acids is 7. The van der Waals surface area contributed by atoms with Crippen molar-refractivity contribution in [2.45, 2.75) is 127 Å². The smallest absolute Gasteiger partial charge is 0.481 e. The number of hydrogen-bond donors (Lipinski definition) is 8. The number of para-hydroxylation sites is 1. The third-order valence-electron chi connectivity index (χ3n) is 15.0. The average molecular weight is 1320 g/mol. The van der Waals surface area contributed by atoms with Gasteiger partial charge in [0.15, 0.2) is 0 Å². The van der Waals surface area contributed by atoms with Gasteiger partial charge in [-0.05, 0) is 118 Å². The van der Waals surface area contributed by atoms with Crippen LogP contribution >= 0.6 is 34.8 Å². The van der Waals surface area contributed by atoms with E-state index in [0.717, 1.165) is 74.5 Å². The number of H-pyrrole nitrogens is 1. The number of halogens is 6. The van der Waals surface area contributed by atoms with Crippen molar-refractivity contribution in [2.75, 3.05) is 0 Å². The predicted molar refractivity (Wildman–Crippen MR) is 340 cm³/mol. The van der Waals surface area contributed by atoms with E-state index in [-0.39, 0.29) is 48.0 Å². The number of aromatic amines is 1. The number of hydrogen-bond acceptors (Lipinski definition) is 9. The van der Waals surface area contributed by atoms with Crippen LogP contribution in [0.25, 0.3) is 27.7 Å². The third-order valence-corrected chi connectivity index (χ3v) is 15.5. The van der Waals surface area contributed by atoms with E-state index in [4.69, 9.17) is 70.5 Å². The monoisotopic (exact) mass is 1320 g/mol. The SMILES string of the molecule is CC(C)(C)c1cc(C(=O)O)cc(C(C)(C)C)c1.O=C(O)C(=O)C(Cl)(Cl)Cl.O=C(O)C1CC2CCC1CC2.O=C(O)CC1(CC(=O)O)CC=CC=C1c1ccccc1.O=C(O)Cc1c(-c2ccccc2)[nH]c2ccccc12.O=C(O)Cc1cccc(OC(F)(F)F)c1. The van der Waals surface area contributed by atoms with Gasteiger partial charge < -0.3 is 45.5 Å². The van der Waals surface area contributed by atoms with Gasteiger partial charge in [-0.25, -0.2) is 9.59 Å². The number of alkyl halides is 6. The molecule has 8 N–H and O–H groups in total. The molecule has 10 rings (SSSR count). The Balaban J connectivity index is 0.000000237. The second-order valence-electron chi connectivity index (χ2n) is 23.9. The van der Waals surface area contributed by atoms with Crippen LogP contribution in [0.5, 0.6) is 5.75 Å². The summed E-state index contributed by atoms with van der Waals surface area (Å²) in [6.45, 7) is 12.6. The van der Waals surface area contributed by atoms with Crippen LogP contribution in [-0.2, 0) is 57.2 Å². The van der Waals surface area contributed by atoms with Crippen molar-refractivity contribution < 1.29 is 92.0 Å². The molecule has 0 spiro atoms. The Labute approximate surface area is 539 Å². The van der Waals surface area contributed by atoms with Gasteiger partial charge in [0, 0.05) is 16.3 Å². The van der Waals surface area contributed by atoms with Gasteiger partial charge in [0.2, 0.25) is 0 Å². The molecule has 1 atom stereocenters. The van der Waals surface area contributed by atoms with Gasteiger partial charge in [0.05, 0.1) is 42.9 Å². The molecule has 4 aliphatic carbocycles. The Morgan fingerprint density at radius 1 is 0.604 bits per heavy atom. The molecule has 4 aliphatic rings. The van der Waals surface area contributed by atoms with Gasteiger partial charge in [-0.1, -0.05) is 204 Å². The molecular weight excluding hydrogens is 1250 g/mol. The first-order valence-corrected chi connectivity index (χ1v) is 29.7. The van der Waals surface area contributed by atoms with Crippen LogP contribution in [-0.4, -0.2) is 98.5 Å². The van der Waals surface area contributed by atoms with Crippen LogP contribution in [0.3, 0.4) is 0 Å². The second kappa shape index (κ2) is 33.0. The minimum absolute atomic E-state index is 0.00231. The quantitative estimate of drug-likeness (QED) is 0.0371. The molecular formula is C68H73Cl3F3NO16. The first-order chi connectivity index (χ1) is 42.3. The fourth-order valence-electron chi connectivity index (χ4n) is 10.6. The number of ether oxygens (including phenoxy) is 1. The summed E-state index contributed by atoms with van der Waals surface area (Å²) in [6, 6.07) is 37.5. The first-order valence-electron chi connectivity index (χ1n) is 28.6. The maximum atomic E-state index is 11.8. The summed E-state index contributed by atoms with van der Waals surface area (Å²) in [4.78, 5) is 88.9. The van der Waals surface area contributed by atoms with Gasteiger partial charge >= 0.3 is 48.1 Å². The molecule has 1 unspecified atom stereocenters. The van der Waals surface area contributed by atoms with E-state index in [1.807, 2.05) is 103 Å². The number of carbonyl (C=O) groups excluding carboxylic acids is 1. The van der Waals surface area contributed by atoms with Gasteiger partial charge in [0.25, 0.3) is 9.58 Å². The van der Waals surface area contributed by atoms with Crippen molar-refractivity contribution in [2.24, 2.45) is 23.2 Å². The number of allylic oxidation sites excluding steroid dienone is 4. The van der Waals surface area contributed by atoms with E-state index >= 15 is 0 Å². The predicted octanol–water partition coefficient (Wildman–Crippen LogP) is 15.5. The lowest BCUT2D eigenvalue weighted by Gasteiger charge is -2.40. The molecule has 23 heteroatoms. The lowest BCUT2D eigenvalue weighted by molar-refractivity contribution is -0.274. The van der Waals surface area contributed by atoms with Crippen molar-refractivity contribution in [1.29, 1.82) is 0 Å². The maximum Gasteiger partial charge on any atom is 0.573 e. The highest BCUT2D eigenvalue weighted by molar-refractivity contribution is 6.81. The molecule has 0 amide bonds. The number of aromatic carboxylic acids is 1. The number of benzene rings is 5. The van der Waals surface area contributed by atoms with E-state index in [0.29, 0.717) is 17.9 Å². The molecule has 6 aromatic rings. The zero-order valence-electron chi connectivity index (χ0n) is 50.7. The summed E-state index contributed by atoms with van der Waals surface area (Å²) in [5.74, 6) is -7.68. The number of aromatic nitrogens is 1. The average Bonchev–Trinajstić information content (AvgIpc) is 1.79. The van der Waals surface area contributed by atoms with Crippen LogP contribution in [0.1, 0.15) is 131 Å². The van der Waals surface area contributed by atoms with Crippen LogP contribution in [0.4, 0.5) is 13.2 Å². The largest absolute Gasteiger partial charge is 0.573 e. The Bertz CT molecular complexity index is 3530. The fraction of sp³-hybridized carbons (Fsp3) is 0.353. The minimum atomic E-state index is -4.76. The molecule has 17 nitrogen and oxygen atoms in total. The van der Waals surface area contributed by atoms with Crippen molar-refractivity contribution in [3.63, 3.8) is 0 Å². The van der Waals surface area contributed by atoms with Crippen molar-refractivity contribution in [1.82, 2.24) is 4.98 Å². The number of rotatable bonds is 14. The molecule has 0 saturated heterocycles. The topological polar surface area (TPSA) is 303 Å². The number of fused-ring (bicyclic) bond motifs is 4. The van der Waals surface area contributed by atoms with E-state index < -0.39 is 68.9 Å². The highest BCUT2D eigenvalue weighted by Crippen LogP contribution is 2.47. The lowest BCUT2D eigenvalue weighted by atomic mass is 9.65. The highest BCUT2D eigenvalue weighted by Gasteiger charge is 2.41. The van der Waals surface area contributed by atoms with Crippen LogP contribution in [0, 0.1) is 23.2 Å². The van der Waals surface area contributed by atoms with Gasteiger partial charge in [-0.2, -0.15) is 0 Å². The second-order valence-corrected chi connectivity index (χ2v) is 26.2. The number of ketones is 1. The number of carbonyl (C=O) groups is 8. The van der Waals surface area contributed by atoms with Crippen molar-refractivity contribution >= 4 is 98.8 Å². The van der Waals surface area contributed by atoms with Gasteiger partial charge in [-0.15, -0.1) is 13.2 Å². The van der Waals surface area contributed by atoms with Crippen molar-refractivity contribution in [3.8, 4) is 17.0 Å². The van der Waals surface area contributed by atoms with E-state index in [9.17, 15) is 51.5 Å². The summed E-state index contributed by atoms with van der Waals surface area (Å²) in [7, 11) is 0. The van der Waals surface area contributed by atoms with Crippen molar-refractivity contribution in [3.05, 3.63) is 179 Å². The molecule has 1 aromatic heterocycles. The molecule has 1 heterocycles. The Hall–Kier alpha value is -8.46. The molecule has 0 aliphatic heterocycles. The number of Topliss-reactive ketones (excluding diaryl/α,β-unsaturated/α-hetero) is 1. The molecule has 0 radical (unpaired) electrons. The standard InChI is InChI=1S/C16H13NO2.C16H16O4.C15H22O2.C9H7F3O3.C9H14O2.C3HCl3O3/c18-15(19)10-13-12-8-4-5-9-14(12)17-16(13)11-6-2-1-3-7-11;17-14(18)10-16(11-15(19)20)9-5-4-8-13(16)12-6-2-1-3-7-12;1-14(2,3)11-7-10(13(16)17)8-12(9-11)15(4,5)6;10-9(11,12)15-7-3-1-2-6(4-7)5-8(13)14;10-9(11)8-5-6-1-3-7(8)4-2-6;4-3(5,6)1(7)2(8)9/h1-9,17H,10H2,(H,18,19);1-8H,9-11H2,(H,17,18)(H,19,20);7-9H,1-6H3,(H,16,17);1-4H,5H2,(H,13,14);6-8H,1-5H2,(H,10,11);(H,8,9). The molecule has 5 aromatic carbocycles. The molecule has 91 heavy (non-hydrogen) atoms. The lowest BCUT2D eigenvalue weighted by Crippen LogP contribution is -2.35. The summed E-state index contributed by atoms with van der Waals surface area (Å²) in [5.41, 5.74) is 7.19. The summed E-state index contributed by atoms with van der Waals surface area (Å²) >= 11 is 14.6. The number of aliphatic carboxylic acids is 6. The maximum absolute atomic E-state index is 11.8. The zero-order chi connectivity index (χ0) is 68.2. The Morgan fingerprint density at radius 3 is 1.54 bits per heavy atom. The van der Waals surface area contributed by atoms with E-state index in [2.05, 4.69) is 57.3 Å². The molecule has 3 saturated carbocycles. The molecule has 3 fully saturated rings. The van der Waals surface area contributed by atoms with Crippen LogP contribution in [0.2, 0.25) is 0 Å². The van der Waals surface area contributed by atoms with Gasteiger partial charge in [0.1, 0.15) is 5.75 Å². The highest BCUT2D eigenvalue weighted by atomic mass is 35.6. The van der Waals surface area contributed by atoms with E-state index in [1.54, 1.807) is 12.1 Å². The van der Waals surface area contributed by atoms with Gasteiger partial charge in [-0.3, -0.25) is 28.8 Å². The number of nitrogens with one attached hydrogen (secondary N) is 1.